The summed E-state index contributed by atoms with van der Waals surface area (Å²) in [5, 5.41) is 1.14. The van der Waals surface area contributed by atoms with Crippen LogP contribution in [-0.4, -0.2) is 18.9 Å². The molecule has 0 bridgehead atoms. The van der Waals surface area contributed by atoms with E-state index in [0.29, 0.717) is 39.1 Å². The van der Waals surface area contributed by atoms with Crippen molar-refractivity contribution in [3.8, 4) is 5.69 Å². The van der Waals surface area contributed by atoms with Gasteiger partial charge in [0.15, 0.2) is 5.16 Å². The fourth-order valence-corrected chi connectivity index (χ4v) is 5.11. The Labute approximate surface area is 207 Å². The summed E-state index contributed by atoms with van der Waals surface area (Å²) in [7, 11) is 0. The third-order valence-electron chi connectivity index (χ3n) is 6.36. The van der Waals surface area contributed by atoms with Gasteiger partial charge in [-0.15, -0.1) is 0 Å². The van der Waals surface area contributed by atoms with Crippen molar-refractivity contribution in [3.05, 3.63) is 110 Å². The van der Waals surface area contributed by atoms with Crippen molar-refractivity contribution < 1.29 is 0 Å². The van der Waals surface area contributed by atoms with E-state index in [4.69, 9.17) is 4.98 Å². The van der Waals surface area contributed by atoms with Gasteiger partial charge in [-0.3, -0.25) is 18.6 Å². The largest absolute Gasteiger partial charge is 0.269 e. The summed E-state index contributed by atoms with van der Waals surface area (Å²) in [6.07, 6.45) is 1.05. The molecule has 5 rings (SSSR count). The molecule has 6 nitrogen and oxygen atoms in total. The normalized spacial score (nSPS) is 12.3. The lowest BCUT2D eigenvalue weighted by Gasteiger charge is -2.15. The molecule has 35 heavy (non-hydrogen) atoms. The number of benzene rings is 2. The molecule has 0 aliphatic rings. The fourth-order valence-electron chi connectivity index (χ4n) is 4.20. The van der Waals surface area contributed by atoms with Gasteiger partial charge in [0.25, 0.3) is 11.1 Å². The number of fused-ring (bicyclic) bond motifs is 2. The first-order valence-electron chi connectivity index (χ1n) is 11.7. The molecule has 0 fully saturated rings. The average Bonchev–Trinajstić information content (AvgIpc) is 2.87. The summed E-state index contributed by atoms with van der Waals surface area (Å²) in [5.74, 6) is 0.862. The molecular weight excluding hydrogens is 456 g/mol. The van der Waals surface area contributed by atoms with Gasteiger partial charge in [0.1, 0.15) is 5.65 Å². The molecule has 176 valence electrons. The Morgan fingerprint density at radius 2 is 1.71 bits per heavy atom. The van der Waals surface area contributed by atoms with Crippen LogP contribution in [0.2, 0.25) is 0 Å². The first-order chi connectivity index (χ1) is 17.0. The number of aryl methyl sites for hydroxylation is 1. The molecule has 3 aromatic heterocycles. The molecule has 1 unspecified atom stereocenters. The molecule has 3 heterocycles. The number of rotatable bonds is 6. The van der Waals surface area contributed by atoms with E-state index < -0.39 is 0 Å². The van der Waals surface area contributed by atoms with E-state index in [1.165, 1.54) is 17.3 Å². The molecule has 0 saturated heterocycles. The van der Waals surface area contributed by atoms with Crippen molar-refractivity contribution >= 4 is 28.3 Å². The molecule has 0 aliphatic carbocycles. The Morgan fingerprint density at radius 3 is 2.49 bits per heavy atom. The maximum atomic E-state index is 13.5. The SMILES string of the molecule is CCC(C)c1ccc(-n2c(SCc3cc(=O)n4c(C)cccc4n3)nc3ccccc3c2=O)cc1. The van der Waals surface area contributed by atoms with Gasteiger partial charge in [-0.2, -0.15) is 0 Å². The second-order valence-corrected chi connectivity index (χ2v) is 9.63. The highest BCUT2D eigenvalue weighted by Gasteiger charge is 2.15. The van der Waals surface area contributed by atoms with Gasteiger partial charge in [-0.1, -0.05) is 55.9 Å². The zero-order valence-corrected chi connectivity index (χ0v) is 20.7. The quantitative estimate of drug-likeness (QED) is 0.236. The van der Waals surface area contributed by atoms with Crippen LogP contribution in [0.1, 0.15) is 43.1 Å². The molecule has 7 heteroatoms. The maximum Gasteiger partial charge on any atom is 0.266 e. The van der Waals surface area contributed by atoms with Crippen molar-refractivity contribution in [1.82, 2.24) is 18.9 Å². The topological polar surface area (TPSA) is 69.3 Å². The molecule has 1 atom stereocenters. The van der Waals surface area contributed by atoms with Crippen LogP contribution in [0, 0.1) is 6.92 Å². The molecule has 2 aromatic carbocycles. The predicted molar refractivity (Wildman–Crippen MR) is 142 cm³/mol. The summed E-state index contributed by atoms with van der Waals surface area (Å²) in [4.78, 5) is 35.7. The second-order valence-electron chi connectivity index (χ2n) is 8.69. The van der Waals surface area contributed by atoms with Crippen LogP contribution in [0.4, 0.5) is 0 Å². The number of aromatic nitrogens is 4. The minimum Gasteiger partial charge on any atom is -0.269 e. The molecule has 0 saturated carbocycles. The molecule has 0 amide bonds. The molecular formula is C28H26N4O2S. The summed E-state index contributed by atoms with van der Waals surface area (Å²) < 4.78 is 3.25. The number of nitrogens with zero attached hydrogens (tertiary/aromatic N) is 4. The van der Waals surface area contributed by atoms with Crippen LogP contribution < -0.4 is 11.1 Å². The zero-order valence-electron chi connectivity index (χ0n) is 19.9. The lowest BCUT2D eigenvalue weighted by molar-refractivity contribution is 0.732. The van der Waals surface area contributed by atoms with Crippen LogP contribution in [-0.2, 0) is 5.75 Å². The van der Waals surface area contributed by atoms with Crippen molar-refractivity contribution in [2.45, 2.75) is 44.0 Å². The van der Waals surface area contributed by atoms with Gasteiger partial charge in [0.05, 0.1) is 22.3 Å². The number of thioether (sulfide) groups is 1. The van der Waals surface area contributed by atoms with Crippen molar-refractivity contribution in [2.24, 2.45) is 0 Å². The first kappa shape index (κ1) is 23.1. The minimum atomic E-state index is -0.117. The van der Waals surface area contributed by atoms with Crippen molar-refractivity contribution in [3.63, 3.8) is 0 Å². The number of hydrogen-bond donors (Lipinski definition) is 0. The van der Waals surface area contributed by atoms with E-state index in [-0.39, 0.29) is 11.1 Å². The van der Waals surface area contributed by atoms with Crippen LogP contribution >= 0.6 is 11.8 Å². The number of hydrogen-bond acceptors (Lipinski definition) is 5. The van der Waals surface area contributed by atoms with E-state index in [1.807, 2.05) is 55.5 Å². The van der Waals surface area contributed by atoms with E-state index >= 15 is 0 Å². The van der Waals surface area contributed by atoms with E-state index in [9.17, 15) is 9.59 Å². The summed E-state index contributed by atoms with van der Waals surface area (Å²) >= 11 is 1.40. The summed E-state index contributed by atoms with van der Waals surface area (Å²) in [6.45, 7) is 6.24. The highest BCUT2D eigenvalue weighted by molar-refractivity contribution is 7.98. The predicted octanol–water partition coefficient (Wildman–Crippen LogP) is 5.51. The van der Waals surface area contributed by atoms with Gasteiger partial charge in [0.2, 0.25) is 0 Å². The monoisotopic (exact) mass is 482 g/mol. The Kier molecular flexibility index (Phi) is 6.26. The van der Waals surface area contributed by atoms with E-state index in [2.05, 4.69) is 31.0 Å². The molecule has 0 aliphatic heterocycles. The van der Waals surface area contributed by atoms with Crippen LogP contribution in [0.25, 0.3) is 22.2 Å². The van der Waals surface area contributed by atoms with Gasteiger partial charge >= 0.3 is 0 Å². The standard InChI is InChI=1S/C28H26N4O2S/c1-4-18(2)20-12-14-22(15-13-20)32-27(34)23-9-5-6-10-24(23)30-28(32)35-17-21-16-26(33)31-19(3)8-7-11-25(31)29-21/h5-16,18H,4,17H2,1-3H3. The lowest BCUT2D eigenvalue weighted by atomic mass is 9.98. The lowest BCUT2D eigenvalue weighted by Crippen LogP contribution is -2.22. The minimum absolute atomic E-state index is 0.114. The molecule has 0 N–H and O–H groups in total. The van der Waals surface area contributed by atoms with Crippen LogP contribution in [0.3, 0.4) is 0 Å². The van der Waals surface area contributed by atoms with Crippen molar-refractivity contribution in [1.29, 1.82) is 0 Å². The van der Waals surface area contributed by atoms with E-state index in [1.54, 1.807) is 21.1 Å². The Morgan fingerprint density at radius 1 is 0.943 bits per heavy atom. The smallest absolute Gasteiger partial charge is 0.266 e. The maximum absolute atomic E-state index is 13.5. The Balaban J connectivity index is 1.58. The Hall–Kier alpha value is -3.71. The summed E-state index contributed by atoms with van der Waals surface area (Å²) in [5.41, 5.74) is 4.52. The zero-order chi connectivity index (χ0) is 24.5. The highest BCUT2D eigenvalue weighted by Crippen LogP contribution is 2.26. The number of para-hydroxylation sites is 1. The van der Waals surface area contributed by atoms with Crippen LogP contribution in [0.5, 0.6) is 0 Å². The molecule has 0 radical (unpaired) electrons. The third kappa shape index (κ3) is 4.39. The molecule has 0 spiro atoms. The van der Waals surface area contributed by atoms with Crippen LogP contribution in [0.15, 0.2) is 87.5 Å². The summed E-state index contributed by atoms with van der Waals surface area (Å²) in [6, 6.07) is 22.6. The fraction of sp³-hybridized carbons (Fsp3) is 0.214. The third-order valence-corrected chi connectivity index (χ3v) is 7.33. The van der Waals surface area contributed by atoms with Gasteiger partial charge in [0, 0.05) is 17.5 Å². The van der Waals surface area contributed by atoms with Gasteiger partial charge in [-0.05, 0) is 61.2 Å². The highest BCUT2D eigenvalue weighted by atomic mass is 32.2. The Bertz CT molecular complexity index is 1650. The van der Waals surface area contributed by atoms with E-state index in [0.717, 1.165) is 17.8 Å². The second kappa shape index (κ2) is 9.50. The van der Waals surface area contributed by atoms with Gasteiger partial charge in [-0.25, -0.2) is 9.97 Å². The van der Waals surface area contributed by atoms with Crippen molar-refractivity contribution in [2.75, 3.05) is 0 Å². The van der Waals surface area contributed by atoms with Gasteiger partial charge < -0.3 is 0 Å². The average molecular weight is 483 g/mol. The number of pyridine rings is 1. The first-order valence-corrected chi connectivity index (χ1v) is 12.7. The molecule has 5 aromatic rings.